The van der Waals surface area contributed by atoms with Crippen LogP contribution >= 0.6 is 0 Å². The van der Waals surface area contributed by atoms with Crippen LogP contribution in [0, 0.1) is 5.92 Å². The van der Waals surface area contributed by atoms with Crippen LogP contribution < -0.4 is 0 Å². The molecule has 2 unspecified atom stereocenters. The minimum atomic E-state index is -0.300. The minimum absolute atomic E-state index is 0.300. The van der Waals surface area contributed by atoms with Gasteiger partial charge in [0, 0.05) is 12.7 Å². The molecule has 1 aromatic rings. The summed E-state index contributed by atoms with van der Waals surface area (Å²) in [7, 11) is 0. The van der Waals surface area contributed by atoms with E-state index in [9.17, 15) is 5.11 Å². The summed E-state index contributed by atoms with van der Waals surface area (Å²) in [5.74, 6) is 0.425. The van der Waals surface area contributed by atoms with Crippen molar-refractivity contribution in [3.8, 4) is 0 Å². The van der Waals surface area contributed by atoms with Crippen LogP contribution in [0.3, 0.4) is 0 Å². The van der Waals surface area contributed by atoms with Crippen LogP contribution in [0.2, 0.25) is 0 Å². The zero-order chi connectivity index (χ0) is 8.55. The second kappa shape index (κ2) is 2.90. The van der Waals surface area contributed by atoms with E-state index in [1.165, 1.54) is 0 Å². The third-order valence-electron chi connectivity index (χ3n) is 2.74. The van der Waals surface area contributed by atoms with E-state index < -0.39 is 0 Å². The van der Waals surface area contributed by atoms with E-state index in [0.29, 0.717) is 5.92 Å². The zero-order valence-electron chi connectivity index (χ0n) is 7.27. The Kier molecular flexibility index (Phi) is 1.89. The fraction of sp³-hybridized carbons (Fsp3) is 0.667. The first kappa shape index (κ1) is 7.80. The summed E-state index contributed by atoms with van der Waals surface area (Å²) in [5, 5.41) is 14.0. The molecule has 2 rings (SSSR count). The van der Waals surface area contributed by atoms with Crippen LogP contribution in [-0.2, 0) is 6.54 Å². The molecular formula is C9H14N2O. The molecule has 3 nitrogen and oxygen atoms in total. The molecule has 0 saturated carbocycles. The van der Waals surface area contributed by atoms with Crippen molar-refractivity contribution in [2.45, 2.75) is 32.4 Å². The molecule has 0 bridgehead atoms. The van der Waals surface area contributed by atoms with Gasteiger partial charge < -0.3 is 5.11 Å². The number of aliphatic hydroxyl groups is 1. The Hall–Kier alpha value is -0.830. The van der Waals surface area contributed by atoms with E-state index in [0.717, 1.165) is 25.1 Å². The lowest BCUT2D eigenvalue weighted by atomic mass is 9.91. The van der Waals surface area contributed by atoms with Gasteiger partial charge in [-0.3, -0.25) is 4.68 Å². The van der Waals surface area contributed by atoms with E-state index in [4.69, 9.17) is 0 Å². The number of aliphatic hydroxyl groups excluding tert-OH is 1. The Morgan fingerprint density at radius 3 is 3.33 bits per heavy atom. The van der Waals surface area contributed by atoms with E-state index >= 15 is 0 Å². The first-order valence-electron chi connectivity index (χ1n) is 4.52. The maximum absolute atomic E-state index is 9.85. The highest BCUT2D eigenvalue weighted by Gasteiger charge is 2.26. The first-order valence-corrected chi connectivity index (χ1v) is 4.52. The summed E-state index contributed by atoms with van der Waals surface area (Å²) < 4.78 is 1.90. The lowest BCUT2D eigenvalue weighted by Crippen LogP contribution is -2.24. The van der Waals surface area contributed by atoms with Crippen LogP contribution in [0.25, 0.3) is 0 Å². The normalized spacial score (nSPS) is 28.5. The van der Waals surface area contributed by atoms with Gasteiger partial charge in [0.2, 0.25) is 0 Å². The number of nitrogens with zero attached hydrogens (tertiary/aromatic N) is 2. The summed E-state index contributed by atoms with van der Waals surface area (Å²) in [6.45, 7) is 3.08. The fourth-order valence-electron chi connectivity index (χ4n) is 1.90. The van der Waals surface area contributed by atoms with Crippen molar-refractivity contribution < 1.29 is 5.11 Å². The maximum Gasteiger partial charge on any atom is 0.0985 e. The standard InChI is InChI=1S/C9H14N2O/c1-2-7-4-6-11-8(9(7)12)3-5-10-11/h3,5,7,9,12H,2,4,6H2,1H3. The predicted molar refractivity (Wildman–Crippen MR) is 45.6 cm³/mol. The summed E-state index contributed by atoms with van der Waals surface area (Å²) in [6, 6.07) is 1.91. The number of hydrogen-bond acceptors (Lipinski definition) is 2. The van der Waals surface area contributed by atoms with Crippen molar-refractivity contribution in [2.24, 2.45) is 5.92 Å². The summed E-state index contributed by atoms with van der Waals surface area (Å²) in [6.07, 6.45) is 3.56. The van der Waals surface area contributed by atoms with Gasteiger partial charge in [0.1, 0.15) is 0 Å². The van der Waals surface area contributed by atoms with Crippen molar-refractivity contribution in [1.82, 2.24) is 9.78 Å². The molecule has 0 radical (unpaired) electrons. The summed E-state index contributed by atoms with van der Waals surface area (Å²) in [5.41, 5.74) is 0.980. The molecule has 0 fully saturated rings. The second-order valence-electron chi connectivity index (χ2n) is 3.38. The lowest BCUT2D eigenvalue weighted by Gasteiger charge is -2.27. The van der Waals surface area contributed by atoms with Crippen molar-refractivity contribution in [3.05, 3.63) is 18.0 Å². The minimum Gasteiger partial charge on any atom is -0.387 e. The highest BCUT2D eigenvalue weighted by atomic mass is 16.3. The van der Waals surface area contributed by atoms with Crippen molar-refractivity contribution in [2.75, 3.05) is 0 Å². The third-order valence-corrected chi connectivity index (χ3v) is 2.74. The van der Waals surface area contributed by atoms with Gasteiger partial charge >= 0.3 is 0 Å². The van der Waals surface area contributed by atoms with Crippen LogP contribution in [0.5, 0.6) is 0 Å². The molecule has 1 N–H and O–H groups in total. The average molecular weight is 166 g/mol. The Labute approximate surface area is 72.0 Å². The van der Waals surface area contributed by atoms with Gasteiger partial charge in [-0.25, -0.2) is 0 Å². The molecule has 2 atom stereocenters. The number of aromatic nitrogens is 2. The van der Waals surface area contributed by atoms with Gasteiger partial charge in [-0.05, 0) is 18.4 Å². The molecule has 2 heterocycles. The van der Waals surface area contributed by atoms with Crippen LogP contribution in [0.15, 0.2) is 12.3 Å². The van der Waals surface area contributed by atoms with Gasteiger partial charge in [-0.1, -0.05) is 13.3 Å². The fourth-order valence-corrected chi connectivity index (χ4v) is 1.90. The first-order chi connectivity index (χ1) is 5.83. The SMILES string of the molecule is CCC1CCn2nccc2C1O. The Balaban J connectivity index is 2.29. The molecular weight excluding hydrogens is 152 g/mol. The van der Waals surface area contributed by atoms with E-state index in [-0.39, 0.29) is 6.10 Å². The molecule has 0 amide bonds. The summed E-state index contributed by atoms with van der Waals surface area (Å²) >= 11 is 0. The molecule has 0 spiro atoms. The van der Waals surface area contributed by atoms with Gasteiger partial charge in [-0.2, -0.15) is 5.10 Å². The van der Waals surface area contributed by atoms with Crippen LogP contribution in [-0.4, -0.2) is 14.9 Å². The van der Waals surface area contributed by atoms with Crippen molar-refractivity contribution >= 4 is 0 Å². The van der Waals surface area contributed by atoms with Gasteiger partial charge in [-0.15, -0.1) is 0 Å². The van der Waals surface area contributed by atoms with Crippen LogP contribution in [0.1, 0.15) is 31.6 Å². The molecule has 0 saturated heterocycles. The molecule has 66 valence electrons. The number of aryl methyl sites for hydroxylation is 1. The molecule has 0 aliphatic carbocycles. The van der Waals surface area contributed by atoms with Gasteiger partial charge in [0.15, 0.2) is 0 Å². The predicted octanol–water partition coefficient (Wildman–Crippen LogP) is 1.35. The largest absolute Gasteiger partial charge is 0.387 e. The van der Waals surface area contributed by atoms with Crippen LogP contribution in [0.4, 0.5) is 0 Å². The summed E-state index contributed by atoms with van der Waals surface area (Å²) in [4.78, 5) is 0. The smallest absolute Gasteiger partial charge is 0.0985 e. The highest BCUT2D eigenvalue weighted by molar-refractivity contribution is 5.08. The van der Waals surface area contributed by atoms with Gasteiger partial charge in [0.25, 0.3) is 0 Å². The molecule has 1 aliphatic rings. The molecule has 1 aliphatic heterocycles. The Morgan fingerprint density at radius 1 is 1.75 bits per heavy atom. The van der Waals surface area contributed by atoms with Gasteiger partial charge in [0.05, 0.1) is 11.8 Å². The topological polar surface area (TPSA) is 38.0 Å². The number of hydrogen-bond donors (Lipinski definition) is 1. The Morgan fingerprint density at radius 2 is 2.58 bits per heavy atom. The quantitative estimate of drug-likeness (QED) is 0.683. The Bertz CT molecular complexity index is 269. The molecule has 3 heteroatoms. The maximum atomic E-state index is 9.85. The monoisotopic (exact) mass is 166 g/mol. The average Bonchev–Trinajstić information content (AvgIpc) is 2.53. The third kappa shape index (κ3) is 1.05. The van der Waals surface area contributed by atoms with Crippen molar-refractivity contribution in [1.29, 1.82) is 0 Å². The highest BCUT2D eigenvalue weighted by Crippen LogP contribution is 2.31. The molecule has 0 aromatic carbocycles. The van der Waals surface area contributed by atoms with E-state index in [1.807, 2.05) is 10.7 Å². The molecule has 1 aromatic heterocycles. The van der Waals surface area contributed by atoms with E-state index in [2.05, 4.69) is 12.0 Å². The van der Waals surface area contributed by atoms with Crippen molar-refractivity contribution in [3.63, 3.8) is 0 Å². The molecule has 12 heavy (non-hydrogen) atoms. The zero-order valence-corrected chi connectivity index (χ0v) is 7.27. The van der Waals surface area contributed by atoms with E-state index in [1.54, 1.807) is 6.20 Å². The number of rotatable bonds is 1. The lowest BCUT2D eigenvalue weighted by molar-refractivity contribution is 0.0707. The second-order valence-corrected chi connectivity index (χ2v) is 3.38. The number of fused-ring (bicyclic) bond motifs is 1.